The van der Waals surface area contributed by atoms with Gasteiger partial charge in [0.1, 0.15) is 11.5 Å². The van der Waals surface area contributed by atoms with Crippen molar-refractivity contribution in [3.05, 3.63) is 72.6 Å². The molecule has 1 aliphatic rings. The number of benzene rings is 2. The zero-order valence-corrected chi connectivity index (χ0v) is 15.7. The summed E-state index contributed by atoms with van der Waals surface area (Å²) in [6.07, 6.45) is 4.05. The second-order valence-electron chi connectivity index (χ2n) is 6.37. The Morgan fingerprint density at radius 1 is 1.11 bits per heavy atom. The molecule has 1 atom stereocenters. The first-order chi connectivity index (χ1) is 13.3. The third kappa shape index (κ3) is 3.51. The second-order valence-corrected chi connectivity index (χ2v) is 6.37. The quantitative estimate of drug-likeness (QED) is 0.649. The van der Waals surface area contributed by atoms with Crippen LogP contribution in [0.5, 0.6) is 11.5 Å². The molecule has 0 aliphatic carbocycles. The first-order valence-corrected chi connectivity index (χ1v) is 9.22. The van der Waals surface area contributed by atoms with E-state index >= 15 is 0 Å². The fourth-order valence-electron chi connectivity index (χ4n) is 3.46. The molecule has 1 unspecified atom stereocenters. The molecule has 2 aromatic carbocycles. The lowest BCUT2D eigenvalue weighted by Crippen LogP contribution is -2.23. The lowest BCUT2D eigenvalue weighted by molar-refractivity contribution is 0.114. The van der Waals surface area contributed by atoms with Crippen LogP contribution in [0.15, 0.2) is 67.0 Å². The molecular formula is C22H24N2O3. The molecule has 27 heavy (non-hydrogen) atoms. The van der Waals surface area contributed by atoms with Crippen LogP contribution in [0.25, 0.3) is 5.69 Å². The molecule has 1 fully saturated rings. The number of ether oxygens (including phenoxy) is 3. The van der Waals surface area contributed by atoms with Gasteiger partial charge in [0, 0.05) is 36.3 Å². The summed E-state index contributed by atoms with van der Waals surface area (Å²) in [7, 11) is 1.69. The Bertz CT molecular complexity index is 906. The highest BCUT2D eigenvalue weighted by Gasteiger charge is 2.28. The molecule has 4 rings (SSSR count). The minimum absolute atomic E-state index is 0.113. The van der Waals surface area contributed by atoms with Crippen molar-refractivity contribution < 1.29 is 14.2 Å². The van der Waals surface area contributed by atoms with Crippen LogP contribution in [-0.2, 0) is 4.74 Å². The summed E-state index contributed by atoms with van der Waals surface area (Å²) in [5.74, 6) is 1.72. The lowest BCUT2D eigenvalue weighted by Gasteiger charge is -2.25. The Balaban J connectivity index is 1.62. The molecule has 0 saturated carbocycles. The molecule has 3 aromatic rings. The van der Waals surface area contributed by atoms with Crippen molar-refractivity contribution in [2.45, 2.75) is 13.2 Å². The average Bonchev–Trinajstić information content (AvgIpc) is 3.38. The first-order valence-electron chi connectivity index (χ1n) is 9.22. The van der Waals surface area contributed by atoms with Gasteiger partial charge >= 0.3 is 0 Å². The van der Waals surface area contributed by atoms with Gasteiger partial charge in [0.15, 0.2) is 6.23 Å². The number of hydrogen-bond acceptors (Lipinski definition) is 4. The minimum Gasteiger partial charge on any atom is -0.497 e. The standard InChI is InChI=1S/C22H24N2O3/c1-3-26-21-10-5-4-9-20(21)23-12-11-17(16-23)22-24(13-14-27-22)18-7-6-8-19(15-18)25-2/h4-12,15-16,22H,3,13-14H2,1-2H3. The number of nitrogens with zero attached hydrogens (tertiary/aromatic N) is 2. The van der Waals surface area contributed by atoms with Gasteiger partial charge in [0.25, 0.3) is 0 Å². The molecule has 140 valence electrons. The van der Waals surface area contributed by atoms with Gasteiger partial charge in [-0.1, -0.05) is 18.2 Å². The van der Waals surface area contributed by atoms with Crippen LogP contribution < -0.4 is 14.4 Å². The van der Waals surface area contributed by atoms with Gasteiger partial charge in [-0.25, -0.2) is 0 Å². The predicted molar refractivity (Wildman–Crippen MR) is 106 cm³/mol. The van der Waals surface area contributed by atoms with E-state index in [2.05, 4.69) is 40.1 Å². The fourth-order valence-corrected chi connectivity index (χ4v) is 3.46. The Labute approximate surface area is 159 Å². The summed E-state index contributed by atoms with van der Waals surface area (Å²) in [5, 5.41) is 0. The van der Waals surface area contributed by atoms with E-state index < -0.39 is 0 Å². The van der Waals surface area contributed by atoms with Gasteiger partial charge < -0.3 is 23.7 Å². The zero-order valence-electron chi connectivity index (χ0n) is 15.7. The van der Waals surface area contributed by atoms with Crippen LogP contribution in [-0.4, -0.2) is 31.4 Å². The van der Waals surface area contributed by atoms with Gasteiger partial charge in [-0.15, -0.1) is 0 Å². The van der Waals surface area contributed by atoms with Gasteiger partial charge in [0.2, 0.25) is 0 Å². The molecule has 1 aromatic heterocycles. The van der Waals surface area contributed by atoms with Crippen molar-refractivity contribution in [3.63, 3.8) is 0 Å². The highest BCUT2D eigenvalue weighted by molar-refractivity contribution is 5.53. The molecule has 0 amide bonds. The maximum absolute atomic E-state index is 6.05. The maximum atomic E-state index is 6.05. The van der Waals surface area contributed by atoms with Gasteiger partial charge in [-0.3, -0.25) is 0 Å². The Hall–Kier alpha value is -2.92. The van der Waals surface area contributed by atoms with Crippen molar-refractivity contribution in [1.29, 1.82) is 0 Å². The minimum atomic E-state index is -0.113. The Kier molecular flexibility index (Phi) is 5.03. The number of hydrogen-bond donors (Lipinski definition) is 0. The van der Waals surface area contributed by atoms with Crippen molar-refractivity contribution in [3.8, 4) is 17.2 Å². The molecule has 0 N–H and O–H groups in total. The maximum Gasteiger partial charge on any atom is 0.158 e. The summed E-state index contributed by atoms with van der Waals surface area (Å²) in [4.78, 5) is 2.26. The zero-order chi connectivity index (χ0) is 18.6. The Morgan fingerprint density at radius 2 is 2.00 bits per heavy atom. The highest BCUT2D eigenvalue weighted by Crippen LogP contribution is 2.34. The van der Waals surface area contributed by atoms with Crippen LogP contribution in [0, 0.1) is 0 Å². The van der Waals surface area contributed by atoms with E-state index in [9.17, 15) is 0 Å². The van der Waals surface area contributed by atoms with Gasteiger partial charge in [0.05, 0.1) is 26.0 Å². The van der Waals surface area contributed by atoms with E-state index in [1.54, 1.807) is 7.11 Å². The number of anilines is 1. The van der Waals surface area contributed by atoms with E-state index in [1.165, 1.54) is 0 Å². The molecule has 1 aliphatic heterocycles. The molecule has 5 heteroatoms. The topological polar surface area (TPSA) is 35.9 Å². The van der Waals surface area contributed by atoms with Crippen LogP contribution in [0.3, 0.4) is 0 Å². The van der Waals surface area contributed by atoms with Gasteiger partial charge in [-0.2, -0.15) is 0 Å². The van der Waals surface area contributed by atoms with E-state index in [0.29, 0.717) is 13.2 Å². The molecule has 0 bridgehead atoms. The number of rotatable bonds is 6. The van der Waals surface area contributed by atoms with Gasteiger partial charge in [-0.05, 0) is 37.3 Å². The summed E-state index contributed by atoms with van der Waals surface area (Å²) in [6.45, 7) is 4.18. The predicted octanol–water partition coefficient (Wildman–Crippen LogP) is 4.42. The number of methoxy groups -OCH3 is 1. The number of para-hydroxylation sites is 2. The van der Waals surface area contributed by atoms with E-state index in [-0.39, 0.29) is 6.23 Å². The summed E-state index contributed by atoms with van der Waals surface area (Å²) in [6, 6.07) is 18.3. The SMILES string of the molecule is CCOc1ccccc1-n1ccc(C2OCCN2c2cccc(OC)c2)c1. The van der Waals surface area contributed by atoms with E-state index in [1.807, 2.05) is 43.3 Å². The molecule has 2 heterocycles. The normalized spacial score (nSPS) is 16.5. The van der Waals surface area contributed by atoms with E-state index in [0.717, 1.165) is 35.0 Å². The summed E-state index contributed by atoms with van der Waals surface area (Å²) < 4.78 is 19.3. The molecule has 1 saturated heterocycles. The van der Waals surface area contributed by atoms with Crippen LogP contribution in [0.2, 0.25) is 0 Å². The third-order valence-electron chi connectivity index (χ3n) is 4.72. The number of aromatic nitrogens is 1. The first kappa shape index (κ1) is 17.5. The third-order valence-corrected chi connectivity index (χ3v) is 4.72. The smallest absolute Gasteiger partial charge is 0.158 e. The molecular weight excluding hydrogens is 340 g/mol. The summed E-state index contributed by atoms with van der Waals surface area (Å²) in [5.41, 5.74) is 3.23. The van der Waals surface area contributed by atoms with Crippen LogP contribution in [0.1, 0.15) is 18.7 Å². The van der Waals surface area contributed by atoms with Crippen LogP contribution in [0.4, 0.5) is 5.69 Å². The van der Waals surface area contributed by atoms with Crippen molar-refractivity contribution in [2.75, 3.05) is 31.8 Å². The monoisotopic (exact) mass is 364 g/mol. The van der Waals surface area contributed by atoms with Crippen molar-refractivity contribution in [1.82, 2.24) is 4.57 Å². The van der Waals surface area contributed by atoms with E-state index in [4.69, 9.17) is 14.2 Å². The highest BCUT2D eigenvalue weighted by atomic mass is 16.5. The largest absolute Gasteiger partial charge is 0.497 e. The molecule has 5 nitrogen and oxygen atoms in total. The molecule has 0 spiro atoms. The average molecular weight is 364 g/mol. The summed E-state index contributed by atoms with van der Waals surface area (Å²) >= 11 is 0. The second kappa shape index (κ2) is 7.76. The Morgan fingerprint density at radius 3 is 2.85 bits per heavy atom. The van der Waals surface area contributed by atoms with Crippen molar-refractivity contribution in [2.24, 2.45) is 0 Å². The molecule has 0 radical (unpaired) electrons. The van der Waals surface area contributed by atoms with Crippen molar-refractivity contribution >= 4 is 5.69 Å². The van der Waals surface area contributed by atoms with Crippen LogP contribution >= 0.6 is 0 Å². The fraction of sp³-hybridized carbons (Fsp3) is 0.273. The lowest BCUT2D eigenvalue weighted by atomic mass is 10.2.